The molecular formula is C17H18O8. The summed E-state index contributed by atoms with van der Waals surface area (Å²) in [6.45, 7) is 1.15. The zero-order valence-electron chi connectivity index (χ0n) is 13.4. The zero-order chi connectivity index (χ0) is 18.6. The highest BCUT2D eigenvalue weighted by Crippen LogP contribution is 2.26. The van der Waals surface area contributed by atoms with Crippen molar-refractivity contribution in [1.82, 2.24) is 0 Å². The molecule has 0 radical (unpaired) electrons. The van der Waals surface area contributed by atoms with Gasteiger partial charge in [-0.3, -0.25) is 0 Å². The van der Waals surface area contributed by atoms with E-state index in [2.05, 4.69) is 0 Å². The number of rotatable bonds is 5. The van der Waals surface area contributed by atoms with Crippen LogP contribution in [-0.2, 0) is 14.3 Å². The first-order chi connectivity index (χ1) is 11.8. The van der Waals surface area contributed by atoms with Crippen LogP contribution in [0.5, 0.6) is 11.5 Å². The van der Waals surface area contributed by atoms with Gasteiger partial charge >= 0.3 is 11.9 Å². The number of hydrogen-bond acceptors (Lipinski definition) is 8. The van der Waals surface area contributed by atoms with Crippen molar-refractivity contribution in [1.29, 1.82) is 0 Å². The molecule has 8 heteroatoms. The van der Waals surface area contributed by atoms with Crippen LogP contribution in [0.4, 0.5) is 0 Å². The van der Waals surface area contributed by atoms with Gasteiger partial charge in [-0.2, -0.15) is 0 Å². The van der Waals surface area contributed by atoms with E-state index < -0.39 is 29.7 Å². The molecule has 0 bridgehead atoms. The standard InChI is InChI=1S/C17H18O8/c1-9-11(3-5-13(19)15(9)21)17(23)25-7-6-24-16(22)10-2-4-12(18)14(20)8-10/h2-5,8-9,15,18-21H,6-7H2,1H3. The van der Waals surface area contributed by atoms with Gasteiger partial charge < -0.3 is 29.9 Å². The molecule has 1 aromatic rings. The molecule has 0 heterocycles. The summed E-state index contributed by atoms with van der Waals surface area (Å²) in [6, 6.07) is 3.48. The minimum atomic E-state index is -1.17. The monoisotopic (exact) mass is 350 g/mol. The fourth-order valence-corrected chi connectivity index (χ4v) is 2.19. The predicted octanol–water partition coefficient (Wildman–Crippen LogP) is 1.18. The van der Waals surface area contributed by atoms with Crippen LogP contribution in [0, 0.1) is 5.92 Å². The fourth-order valence-electron chi connectivity index (χ4n) is 2.19. The van der Waals surface area contributed by atoms with Crippen LogP contribution in [0.1, 0.15) is 17.3 Å². The summed E-state index contributed by atoms with van der Waals surface area (Å²) in [4.78, 5) is 23.7. The topological polar surface area (TPSA) is 134 Å². The number of carbonyl (C=O) groups is 2. The fraction of sp³-hybridized carbons (Fsp3) is 0.294. The van der Waals surface area contributed by atoms with Crippen molar-refractivity contribution in [2.45, 2.75) is 13.0 Å². The average molecular weight is 350 g/mol. The van der Waals surface area contributed by atoms with Gasteiger partial charge in [0.25, 0.3) is 0 Å². The smallest absolute Gasteiger partial charge is 0.338 e. The van der Waals surface area contributed by atoms with Crippen molar-refractivity contribution in [3.8, 4) is 11.5 Å². The molecule has 0 amide bonds. The molecule has 2 unspecified atom stereocenters. The molecule has 0 fully saturated rings. The van der Waals surface area contributed by atoms with E-state index in [0.29, 0.717) is 0 Å². The molecule has 0 saturated carbocycles. The van der Waals surface area contributed by atoms with Crippen molar-refractivity contribution in [3.05, 3.63) is 47.2 Å². The van der Waals surface area contributed by atoms with Gasteiger partial charge in [0.05, 0.1) is 5.56 Å². The highest BCUT2D eigenvalue weighted by Gasteiger charge is 2.29. The zero-order valence-corrected chi connectivity index (χ0v) is 13.4. The average Bonchev–Trinajstić information content (AvgIpc) is 2.58. The summed E-state index contributed by atoms with van der Waals surface area (Å²) in [6.07, 6.45) is 1.41. The lowest BCUT2D eigenvalue weighted by molar-refractivity contribution is -0.141. The molecule has 0 spiro atoms. The van der Waals surface area contributed by atoms with Crippen LogP contribution in [0.3, 0.4) is 0 Å². The Hall–Kier alpha value is -3.00. The Bertz CT molecular complexity index is 734. The Balaban J connectivity index is 1.82. The SMILES string of the molecule is CC1C(C(=O)OCCOC(=O)c2ccc(O)c(O)c2)=CC=C(O)C1O. The van der Waals surface area contributed by atoms with Gasteiger partial charge in [-0.25, -0.2) is 9.59 Å². The highest BCUT2D eigenvalue weighted by molar-refractivity contribution is 5.91. The van der Waals surface area contributed by atoms with Crippen LogP contribution < -0.4 is 0 Å². The lowest BCUT2D eigenvalue weighted by Crippen LogP contribution is -2.29. The molecule has 1 aliphatic carbocycles. The first kappa shape index (κ1) is 18.3. The molecule has 1 aliphatic rings. The number of phenolic OH excluding ortho intramolecular Hbond substituents is 2. The summed E-state index contributed by atoms with van der Waals surface area (Å²) >= 11 is 0. The summed E-state index contributed by atoms with van der Waals surface area (Å²) in [7, 11) is 0. The minimum Gasteiger partial charge on any atom is -0.510 e. The largest absolute Gasteiger partial charge is 0.510 e. The van der Waals surface area contributed by atoms with Gasteiger partial charge in [0.2, 0.25) is 0 Å². The Labute approximate surface area is 143 Å². The molecule has 2 atom stereocenters. The van der Waals surface area contributed by atoms with Crippen molar-refractivity contribution in [2.24, 2.45) is 5.92 Å². The van der Waals surface area contributed by atoms with Gasteiger partial charge in [-0.1, -0.05) is 6.92 Å². The number of esters is 2. The van der Waals surface area contributed by atoms with Crippen LogP contribution in [-0.4, -0.2) is 51.7 Å². The maximum Gasteiger partial charge on any atom is 0.338 e. The van der Waals surface area contributed by atoms with Gasteiger partial charge in [-0.05, 0) is 30.4 Å². The molecule has 0 aromatic heterocycles. The third-order valence-electron chi connectivity index (χ3n) is 3.70. The summed E-state index contributed by atoms with van der Waals surface area (Å²) in [5.41, 5.74) is 0.231. The van der Waals surface area contributed by atoms with Crippen LogP contribution in [0.15, 0.2) is 41.7 Å². The van der Waals surface area contributed by atoms with Gasteiger partial charge in [0.15, 0.2) is 11.5 Å². The van der Waals surface area contributed by atoms with E-state index in [1.165, 1.54) is 18.2 Å². The number of hydrogen-bond donors (Lipinski definition) is 4. The number of allylic oxidation sites excluding steroid dienone is 2. The third-order valence-corrected chi connectivity index (χ3v) is 3.70. The quantitative estimate of drug-likeness (QED) is 0.353. The Kier molecular flexibility index (Phi) is 5.66. The van der Waals surface area contributed by atoms with Crippen LogP contribution in [0.2, 0.25) is 0 Å². The number of ether oxygens (including phenoxy) is 2. The molecule has 4 N–H and O–H groups in total. The number of aliphatic hydroxyl groups excluding tert-OH is 2. The maximum absolute atomic E-state index is 11.9. The minimum absolute atomic E-state index is 0.0361. The van der Waals surface area contributed by atoms with Crippen LogP contribution in [0.25, 0.3) is 0 Å². The van der Waals surface area contributed by atoms with Gasteiger partial charge in [0, 0.05) is 11.5 Å². The van der Waals surface area contributed by atoms with Crippen molar-refractivity contribution < 1.29 is 39.5 Å². The highest BCUT2D eigenvalue weighted by atomic mass is 16.6. The van der Waals surface area contributed by atoms with E-state index in [1.54, 1.807) is 6.92 Å². The van der Waals surface area contributed by atoms with Crippen LogP contribution >= 0.6 is 0 Å². The first-order valence-corrected chi connectivity index (χ1v) is 7.46. The van der Waals surface area contributed by atoms with Crippen molar-refractivity contribution >= 4 is 11.9 Å². The molecule has 25 heavy (non-hydrogen) atoms. The van der Waals surface area contributed by atoms with E-state index in [0.717, 1.165) is 12.1 Å². The number of phenols is 2. The molecule has 8 nitrogen and oxygen atoms in total. The lowest BCUT2D eigenvalue weighted by Gasteiger charge is -2.23. The predicted molar refractivity (Wildman–Crippen MR) is 85.0 cm³/mol. The molecule has 2 rings (SSSR count). The Morgan fingerprint density at radius 1 is 1.00 bits per heavy atom. The number of carbonyl (C=O) groups excluding carboxylic acids is 2. The van der Waals surface area contributed by atoms with E-state index in [-0.39, 0.29) is 35.9 Å². The van der Waals surface area contributed by atoms with Gasteiger partial charge in [0.1, 0.15) is 25.1 Å². The van der Waals surface area contributed by atoms with Crippen molar-refractivity contribution in [2.75, 3.05) is 13.2 Å². The van der Waals surface area contributed by atoms with Gasteiger partial charge in [-0.15, -0.1) is 0 Å². The third kappa shape index (κ3) is 4.30. The summed E-state index contributed by atoms with van der Waals surface area (Å²) in [5.74, 6) is -3.10. The van der Waals surface area contributed by atoms with E-state index in [1.807, 2.05) is 0 Å². The Morgan fingerprint density at radius 3 is 2.28 bits per heavy atom. The summed E-state index contributed by atoms with van der Waals surface area (Å²) < 4.78 is 9.86. The Morgan fingerprint density at radius 2 is 1.64 bits per heavy atom. The second-order valence-electron chi connectivity index (χ2n) is 5.42. The lowest BCUT2D eigenvalue weighted by atomic mass is 9.89. The second kappa shape index (κ2) is 7.71. The molecule has 0 aliphatic heterocycles. The number of aliphatic hydroxyl groups is 2. The number of aromatic hydroxyl groups is 2. The van der Waals surface area contributed by atoms with E-state index in [9.17, 15) is 30.0 Å². The van der Waals surface area contributed by atoms with E-state index >= 15 is 0 Å². The molecule has 0 saturated heterocycles. The van der Waals surface area contributed by atoms with Crippen molar-refractivity contribution in [3.63, 3.8) is 0 Å². The molecule has 134 valence electrons. The van der Waals surface area contributed by atoms with E-state index in [4.69, 9.17) is 9.47 Å². The maximum atomic E-state index is 11.9. The molecular weight excluding hydrogens is 332 g/mol. The first-order valence-electron chi connectivity index (χ1n) is 7.46. The second-order valence-corrected chi connectivity index (χ2v) is 5.42. The normalized spacial score (nSPS) is 19.6. The molecule has 1 aromatic carbocycles. The number of benzene rings is 1. The summed E-state index contributed by atoms with van der Waals surface area (Å²) in [5, 5.41) is 37.6.